The Morgan fingerprint density at radius 1 is 1.37 bits per heavy atom. The van der Waals surface area contributed by atoms with Crippen molar-refractivity contribution >= 4 is 31.9 Å². The average molecular weight is 388 g/mol. The zero-order chi connectivity index (χ0) is 14.0. The van der Waals surface area contributed by atoms with Gasteiger partial charge in [-0.25, -0.2) is 4.68 Å². The summed E-state index contributed by atoms with van der Waals surface area (Å²) in [6, 6.07) is 6.45. The highest BCUT2D eigenvalue weighted by atomic mass is 79.9. The van der Waals surface area contributed by atoms with Gasteiger partial charge in [-0.05, 0) is 46.6 Å². The van der Waals surface area contributed by atoms with Crippen LogP contribution in [0.25, 0.3) is 0 Å². The van der Waals surface area contributed by atoms with Gasteiger partial charge in [-0.2, -0.15) is 0 Å². The standard InChI is InChI=1S/C13H16Br2N4/c1-4-16-11(12-13(15)17-18-19(12)3)9-6-5-8(2)10(14)7-9/h5-7,11,16H,4H2,1-3H3. The number of benzene rings is 1. The van der Waals surface area contributed by atoms with Crippen LogP contribution in [-0.4, -0.2) is 21.5 Å². The lowest BCUT2D eigenvalue weighted by molar-refractivity contribution is 0.567. The fourth-order valence-electron chi connectivity index (χ4n) is 2.01. The van der Waals surface area contributed by atoms with Crippen molar-refractivity contribution in [2.75, 3.05) is 6.54 Å². The van der Waals surface area contributed by atoms with E-state index in [4.69, 9.17) is 0 Å². The number of hydrogen-bond donors (Lipinski definition) is 1. The molecule has 2 aromatic rings. The molecule has 102 valence electrons. The lowest BCUT2D eigenvalue weighted by Gasteiger charge is -2.19. The van der Waals surface area contributed by atoms with Crippen molar-refractivity contribution in [3.05, 3.63) is 44.1 Å². The Balaban J connectivity index is 2.48. The van der Waals surface area contributed by atoms with Crippen LogP contribution in [0, 0.1) is 6.92 Å². The summed E-state index contributed by atoms with van der Waals surface area (Å²) in [6.07, 6.45) is 0. The minimum Gasteiger partial charge on any atom is -0.305 e. The maximum absolute atomic E-state index is 4.06. The van der Waals surface area contributed by atoms with Crippen LogP contribution in [0.4, 0.5) is 0 Å². The molecule has 1 aromatic heterocycles. The smallest absolute Gasteiger partial charge is 0.153 e. The number of aromatic nitrogens is 3. The maximum Gasteiger partial charge on any atom is 0.153 e. The third-order valence-corrected chi connectivity index (χ3v) is 4.46. The number of nitrogens with zero attached hydrogens (tertiary/aromatic N) is 3. The number of halogens is 2. The van der Waals surface area contributed by atoms with Crippen LogP contribution >= 0.6 is 31.9 Å². The number of rotatable bonds is 4. The highest BCUT2D eigenvalue weighted by Crippen LogP contribution is 2.29. The zero-order valence-electron chi connectivity index (χ0n) is 11.1. The molecule has 6 heteroatoms. The van der Waals surface area contributed by atoms with Gasteiger partial charge in [-0.3, -0.25) is 0 Å². The fraction of sp³-hybridized carbons (Fsp3) is 0.385. The molecular weight excluding hydrogens is 372 g/mol. The van der Waals surface area contributed by atoms with Crippen LogP contribution in [0.5, 0.6) is 0 Å². The summed E-state index contributed by atoms with van der Waals surface area (Å²) in [5.74, 6) is 0. The molecule has 0 fully saturated rings. The number of nitrogens with one attached hydrogen (secondary N) is 1. The molecular formula is C13H16Br2N4. The molecule has 0 aliphatic heterocycles. The second-order valence-corrected chi connectivity index (χ2v) is 5.99. The van der Waals surface area contributed by atoms with E-state index in [2.05, 4.69) is 79.5 Å². The van der Waals surface area contributed by atoms with E-state index in [9.17, 15) is 0 Å². The molecule has 1 atom stereocenters. The van der Waals surface area contributed by atoms with E-state index in [1.54, 1.807) is 4.68 Å². The second kappa shape index (κ2) is 6.15. The summed E-state index contributed by atoms with van der Waals surface area (Å²) in [4.78, 5) is 0. The summed E-state index contributed by atoms with van der Waals surface area (Å²) in [5.41, 5.74) is 3.43. The molecule has 1 N–H and O–H groups in total. The van der Waals surface area contributed by atoms with E-state index >= 15 is 0 Å². The molecule has 0 radical (unpaired) electrons. The van der Waals surface area contributed by atoms with Crippen LogP contribution in [-0.2, 0) is 7.05 Å². The summed E-state index contributed by atoms with van der Waals surface area (Å²) in [7, 11) is 1.90. The molecule has 0 bridgehead atoms. The van der Waals surface area contributed by atoms with Crippen molar-refractivity contribution in [3.63, 3.8) is 0 Å². The molecule has 2 rings (SSSR count). The molecule has 1 unspecified atom stereocenters. The SMILES string of the molecule is CCNC(c1ccc(C)c(Br)c1)c1c(Br)nnn1C. The zero-order valence-corrected chi connectivity index (χ0v) is 14.3. The fourth-order valence-corrected chi connectivity index (χ4v) is 2.96. The molecule has 0 aliphatic rings. The van der Waals surface area contributed by atoms with Gasteiger partial charge in [0.15, 0.2) is 4.60 Å². The first-order chi connectivity index (χ1) is 9.04. The lowest BCUT2D eigenvalue weighted by Crippen LogP contribution is -2.24. The third kappa shape index (κ3) is 3.07. The van der Waals surface area contributed by atoms with E-state index in [1.165, 1.54) is 11.1 Å². The molecule has 0 saturated carbocycles. The van der Waals surface area contributed by atoms with Gasteiger partial charge in [-0.1, -0.05) is 40.2 Å². The third-order valence-electron chi connectivity index (χ3n) is 3.04. The Morgan fingerprint density at radius 3 is 2.63 bits per heavy atom. The number of hydrogen-bond acceptors (Lipinski definition) is 3. The molecule has 19 heavy (non-hydrogen) atoms. The van der Waals surface area contributed by atoms with Gasteiger partial charge in [0, 0.05) is 11.5 Å². The number of aryl methyl sites for hydroxylation is 2. The van der Waals surface area contributed by atoms with Gasteiger partial charge in [0.1, 0.15) is 0 Å². The van der Waals surface area contributed by atoms with Gasteiger partial charge in [0.25, 0.3) is 0 Å². The molecule has 0 spiro atoms. The Morgan fingerprint density at radius 2 is 2.11 bits per heavy atom. The Bertz CT molecular complexity index is 561. The molecule has 4 nitrogen and oxygen atoms in total. The van der Waals surface area contributed by atoms with Crippen molar-refractivity contribution in [2.45, 2.75) is 19.9 Å². The normalized spacial score (nSPS) is 12.7. The Kier molecular flexibility index (Phi) is 4.76. The molecule has 1 aromatic carbocycles. The van der Waals surface area contributed by atoms with Crippen molar-refractivity contribution in [3.8, 4) is 0 Å². The minimum atomic E-state index is 0.0660. The largest absolute Gasteiger partial charge is 0.305 e. The van der Waals surface area contributed by atoms with Crippen LogP contribution < -0.4 is 5.32 Å². The van der Waals surface area contributed by atoms with Crippen LogP contribution in [0.1, 0.15) is 29.8 Å². The van der Waals surface area contributed by atoms with Crippen molar-refractivity contribution in [2.24, 2.45) is 7.05 Å². The Hall–Kier alpha value is -0.720. The predicted molar refractivity (Wildman–Crippen MR) is 83.1 cm³/mol. The van der Waals surface area contributed by atoms with Crippen LogP contribution in [0.3, 0.4) is 0 Å². The predicted octanol–water partition coefficient (Wildman–Crippen LogP) is 3.35. The lowest BCUT2D eigenvalue weighted by atomic mass is 10.0. The highest BCUT2D eigenvalue weighted by Gasteiger charge is 2.21. The summed E-state index contributed by atoms with van der Waals surface area (Å²) in [6.45, 7) is 5.04. The Labute approximate surface area is 129 Å². The topological polar surface area (TPSA) is 42.7 Å². The molecule has 1 heterocycles. The molecule has 0 aliphatic carbocycles. The van der Waals surface area contributed by atoms with Crippen LogP contribution in [0.2, 0.25) is 0 Å². The summed E-state index contributed by atoms with van der Waals surface area (Å²) < 4.78 is 3.68. The van der Waals surface area contributed by atoms with E-state index in [0.29, 0.717) is 0 Å². The van der Waals surface area contributed by atoms with E-state index in [0.717, 1.165) is 21.3 Å². The first-order valence-electron chi connectivity index (χ1n) is 6.09. The van der Waals surface area contributed by atoms with E-state index < -0.39 is 0 Å². The van der Waals surface area contributed by atoms with Gasteiger partial charge < -0.3 is 5.32 Å². The summed E-state index contributed by atoms with van der Waals surface area (Å²) >= 11 is 7.06. The van der Waals surface area contributed by atoms with Gasteiger partial charge in [-0.15, -0.1) is 5.10 Å². The van der Waals surface area contributed by atoms with Gasteiger partial charge in [0.2, 0.25) is 0 Å². The first-order valence-corrected chi connectivity index (χ1v) is 7.67. The van der Waals surface area contributed by atoms with Crippen molar-refractivity contribution in [1.29, 1.82) is 0 Å². The van der Waals surface area contributed by atoms with Gasteiger partial charge in [0.05, 0.1) is 11.7 Å². The highest BCUT2D eigenvalue weighted by molar-refractivity contribution is 9.10. The van der Waals surface area contributed by atoms with Gasteiger partial charge >= 0.3 is 0 Å². The summed E-state index contributed by atoms with van der Waals surface area (Å²) in [5, 5.41) is 11.6. The molecule has 0 saturated heterocycles. The monoisotopic (exact) mass is 386 g/mol. The first kappa shape index (κ1) is 14.7. The van der Waals surface area contributed by atoms with E-state index in [1.807, 2.05) is 7.05 Å². The van der Waals surface area contributed by atoms with Crippen molar-refractivity contribution in [1.82, 2.24) is 20.3 Å². The molecule has 0 amide bonds. The van der Waals surface area contributed by atoms with Crippen LogP contribution in [0.15, 0.2) is 27.3 Å². The minimum absolute atomic E-state index is 0.0660. The quantitative estimate of drug-likeness (QED) is 0.874. The van der Waals surface area contributed by atoms with E-state index in [-0.39, 0.29) is 6.04 Å². The average Bonchev–Trinajstić information content (AvgIpc) is 2.70. The second-order valence-electron chi connectivity index (χ2n) is 4.39. The van der Waals surface area contributed by atoms with Crippen molar-refractivity contribution < 1.29 is 0 Å². The maximum atomic E-state index is 4.06.